The van der Waals surface area contributed by atoms with Crippen molar-refractivity contribution in [1.29, 1.82) is 0 Å². The molecule has 0 aromatic carbocycles. The quantitative estimate of drug-likeness (QED) is 0.0243. The molecule has 0 aromatic rings. The van der Waals surface area contributed by atoms with Crippen molar-refractivity contribution in [2.24, 2.45) is 0 Å². The van der Waals surface area contributed by atoms with Crippen LogP contribution in [0.5, 0.6) is 0 Å². The Balaban J connectivity index is 4.11. The Morgan fingerprint density at radius 2 is 0.733 bits per heavy atom. The van der Waals surface area contributed by atoms with E-state index in [0.29, 0.717) is 17.4 Å². The van der Waals surface area contributed by atoms with Crippen LogP contribution < -0.4 is 5.32 Å². The molecule has 3 atom stereocenters. The van der Waals surface area contributed by atoms with Gasteiger partial charge in [-0.3, -0.25) is 13.8 Å². The first-order valence-corrected chi connectivity index (χ1v) is 34.0. The number of aliphatic hydroxyl groups is 1. The molecule has 1 amide bonds. The van der Waals surface area contributed by atoms with Crippen LogP contribution >= 0.6 is 7.82 Å². The number of carbonyl (C=O) groups is 1. The number of hydrogen-bond acceptors (Lipinski definition) is 5. The summed E-state index contributed by atoms with van der Waals surface area (Å²) in [5.41, 5.74) is 0. The van der Waals surface area contributed by atoms with E-state index in [0.717, 1.165) is 44.9 Å². The Morgan fingerprint density at radius 3 is 1.07 bits per heavy atom. The van der Waals surface area contributed by atoms with E-state index in [2.05, 4.69) is 55.6 Å². The first kappa shape index (κ1) is 73.5. The highest BCUT2D eigenvalue weighted by molar-refractivity contribution is 7.47. The molecular weight excluding hydrogens is 948 g/mol. The summed E-state index contributed by atoms with van der Waals surface area (Å²) in [5.74, 6) is -0.187. The van der Waals surface area contributed by atoms with Gasteiger partial charge in [0, 0.05) is 6.42 Å². The topological polar surface area (TPSA) is 105 Å². The molecule has 9 heteroatoms. The van der Waals surface area contributed by atoms with Crippen LogP contribution in [-0.2, 0) is 18.4 Å². The summed E-state index contributed by atoms with van der Waals surface area (Å²) in [7, 11) is 1.55. The number of carbonyl (C=O) groups excluding carboxylic acids is 1. The molecule has 8 nitrogen and oxygen atoms in total. The van der Waals surface area contributed by atoms with Crippen molar-refractivity contribution in [3.8, 4) is 0 Å². The monoisotopic (exact) mass is 1080 g/mol. The largest absolute Gasteiger partial charge is 0.472 e. The summed E-state index contributed by atoms with van der Waals surface area (Å²) in [6.07, 6.45) is 76.8. The number of aliphatic hydroxyl groups excluding tert-OH is 1. The van der Waals surface area contributed by atoms with Gasteiger partial charge in [0.15, 0.2) is 0 Å². The van der Waals surface area contributed by atoms with E-state index < -0.39 is 20.0 Å². The fraction of sp³-hybridized carbons (Fsp3) is 0.864. The van der Waals surface area contributed by atoms with E-state index in [-0.39, 0.29) is 19.1 Å². The van der Waals surface area contributed by atoms with E-state index in [1.54, 1.807) is 6.08 Å². The van der Waals surface area contributed by atoms with E-state index in [4.69, 9.17) is 9.05 Å². The van der Waals surface area contributed by atoms with Crippen molar-refractivity contribution in [2.45, 2.75) is 328 Å². The average molecular weight is 1080 g/mol. The van der Waals surface area contributed by atoms with Crippen molar-refractivity contribution in [3.05, 3.63) is 48.6 Å². The lowest BCUT2D eigenvalue weighted by Gasteiger charge is -2.25. The molecule has 0 rings (SSSR count). The van der Waals surface area contributed by atoms with Gasteiger partial charge >= 0.3 is 7.82 Å². The molecule has 0 aliphatic heterocycles. The first-order valence-electron chi connectivity index (χ1n) is 32.5. The number of rotatable bonds is 60. The lowest BCUT2D eigenvalue weighted by Crippen LogP contribution is -2.45. The van der Waals surface area contributed by atoms with Gasteiger partial charge < -0.3 is 19.8 Å². The number of nitrogens with one attached hydrogen (secondary N) is 1. The van der Waals surface area contributed by atoms with Crippen LogP contribution in [0.1, 0.15) is 316 Å². The van der Waals surface area contributed by atoms with Gasteiger partial charge in [-0.25, -0.2) is 4.57 Å². The SMILES string of the molecule is CCCCCCCCCCCCC/C=C/CC/C=C/CC/C=C/C(O)C(COP(=O)(O)OCC[N+](C)(C)C)NC(=O)CCCCCCCCCCCCCCCCCC/C=C\CCCCCCCCCCCCCC. The van der Waals surface area contributed by atoms with Crippen molar-refractivity contribution in [1.82, 2.24) is 5.32 Å². The summed E-state index contributed by atoms with van der Waals surface area (Å²) in [6, 6.07) is -0.871. The Morgan fingerprint density at radius 1 is 0.440 bits per heavy atom. The second-order valence-corrected chi connectivity index (χ2v) is 24.9. The van der Waals surface area contributed by atoms with E-state index in [9.17, 15) is 19.4 Å². The zero-order valence-electron chi connectivity index (χ0n) is 50.6. The molecule has 0 saturated carbocycles. The zero-order chi connectivity index (χ0) is 54.9. The van der Waals surface area contributed by atoms with Crippen molar-refractivity contribution in [2.75, 3.05) is 40.9 Å². The maximum atomic E-state index is 13.0. The highest BCUT2D eigenvalue weighted by Crippen LogP contribution is 2.43. The molecule has 442 valence electrons. The van der Waals surface area contributed by atoms with E-state index >= 15 is 0 Å². The predicted molar refractivity (Wildman–Crippen MR) is 327 cm³/mol. The second-order valence-electron chi connectivity index (χ2n) is 23.5. The van der Waals surface area contributed by atoms with Gasteiger partial charge in [0.2, 0.25) is 5.91 Å². The lowest BCUT2D eigenvalue weighted by molar-refractivity contribution is -0.870. The number of nitrogens with zero attached hydrogens (tertiary/aromatic N) is 1. The summed E-state index contributed by atoms with van der Waals surface area (Å²) in [6.45, 7) is 4.83. The average Bonchev–Trinajstić information content (AvgIpc) is 3.37. The fourth-order valence-electron chi connectivity index (χ4n) is 9.66. The van der Waals surface area contributed by atoms with Crippen LogP contribution in [0.15, 0.2) is 48.6 Å². The molecular formula is C66H128N2O6P+. The normalized spacial score (nSPS) is 14.1. The maximum absolute atomic E-state index is 13.0. The Bertz CT molecular complexity index is 1360. The number of quaternary nitrogens is 1. The number of likely N-dealkylation sites (N-methyl/N-ethyl adjacent to an activating group) is 1. The van der Waals surface area contributed by atoms with Gasteiger partial charge in [0.1, 0.15) is 13.2 Å². The molecule has 0 aliphatic carbocycles. The van der Waals surface area contributed by atoms with Crippen molar-refractivity contribution in [3.63, 3.8) is 0 Å². The smallest absolute Gasteiger partial charge is 0.387 e. The molecule has 0 spiro atoms. The molecule has 0 aliphatic rings. The minimum atomic E-state index is -4.36. The third kappa shape index (κ3) is 60.0. The second kappa shape index (κ2) is 57.2. The highest BCUT2D eigenvalue weighted by atomic mass is 31.2. The number of amides is 1. The minimum absolute atomic E-state index is 0.0540. The summed E-state index contributed by atoms with van der Waals surface area (Å²) in [4.78, 5) is 23.4. The minimum Gasteiger partial charge on any atom is -0.387 e. The lowest BCUT2D eigenvalue weighted by atomic mass is 10.0. The molecule has 3 unspecified atom stereocenters. The summed E-state index contributed by atoms with van der Waals surface area (Å²) < 4.78 is 23.7. The summed E-state index contributed by atoms with van der Waals surface area (Å²) >= 11 is 0. The molecule has 0 aromatic heterocycles. The van der Waals surface area contributed by atoms with Crippen LogP contribution in [0, 0.1) is 0 Å². The van der Waals surface area contributed by atoms with Crippen molar-refractivity contribution < 1.29 is 32.9 Å². The number of phosphoric acid groups is 1. The van der Waals surface area contributed by atoms with Crippen LogP contribution in [0.3, 0.4) is 0 Å². The van der Waals surface area contributed by atoms with Crippen LogP contribution in [0.2, 0.25) is 0 Å². The Hall–Kier alpha value is -1.54. The fourth-order valence-corrected chi connectivity index (χ4v) is 10.4. The molecule has 0 radical (unpaired) electrons. The third-order valence-corrected chi connectivity index (χ3v) is 15.7. The number of allylic oxidation sites excluding steroid dienone is 7. The Labute approximate surface area is 467 Å². The maximum Gasteiger partial charge on any atom is 0.472 e. The van der Waals surface area contributed by atoms with Crippen LogP contribution in [-0.4, -0.2) is 73.4 Å². The van der Waals surface area contributed by atoms with E-state index in [1.165, 1.54) is 250 Å². The highest BCUT2D eigenvalue weighted by Gasteiger charge is 2.27. The number of hydrogen-bond donors (Lipinski definition) is 3. The molecule has 0 saturated heterocycles. The number of phosphoric ester groups is 1. The van der Waals surface area contributed by atoms with Crippen molar-refractivity contribution >= 4 is 13.7 Å². The molecule has 0 fully saturated rings. The number of unbranched alkanes of at least 4 members (excludes halogenated alkanes) is 41. The van der Waals surface area contributed by atoms with E-state index in [1.807, 2.05) is 27.2 Å². The molecule has 75 heavy (non-hydrogen) atoms. The standard InChI is InChI=1S/C66H127N2O6P/c1-6-8-10-12-14-16-18-20-22-24-26-28-29-30-31-32-33-34-35-36-37-38-40-42-44-46-48-50-52-54-56-58-60-66(70)67-64(63-74-75(71,72)73-62-61-68(3,4)5)65(69)59-57-55-53-51-49-47-45-43-41-39-27-25-23-21-19-17-15-13-11-9-7-2/h30-31,41,43,49,51,57,59,64-65,69H,6-29,32-40,42,44-48,50,52-56,58,60-63H2,1-5H3,(H-,67,70,71,72)/p+1/b31-30-,43-41+,51-49+,59-57+. The van der Waals surface area contributed by atoms with Gasteiger partial charge in [-0.05, 0) is 70.6 Å². The van der Waals surface area contributed by atoms with Gasteiger partial charge in [-0.1, -0.05) is 287 Å². The van der Waals surface area contributed by atoms with Gasteiger partial charge in [-0.2, -0.15) is 0 Å². The van der Waals surface area contributed by atoms with Crippen LogP contribution in [0.25, 0.3) is 0 Å². The summed E-state index contributed by atoms with van der Waals surface area (Å²) in [5, 5.41) is 13.9. The zero-order valence-corrected chi connectivity index (χ0v) is 51.4. The Kier molecular flexibility index (Phi) is 56.0. The molecule has 0 bridgehead atoms. The van der Waals surface area contributed by atoms with Gasteiger partial charge in [-0.15, -0.1) is 0 Å². The van der Waals surface area contributed by atoms with Gasteiger partial charge in [0.05, 0.1) is 39.9 Å². The van der Waals surface area contributed by atoms with Gasteiger partial charge in [0.25, 0.3) is 0 Å². The molecule has 0 heterocycles. The van der Waals surface area contributed by atoms with Crippen LogP contribution in [0.4, 0.5) is 0 Å². The predicted octanol–water partition coefficient (Wildman–Crippen LogP) is 20.3. The first-order chi connectivity index (χ1) is 36.5. The third-order valence-electron chi connectivity index (χ3n) is 14.7. The molecule has 3 N–H and O–H groups in total.